The van der Waals surface area contributed by atoms with Gasteiger partial charge < -0.3 is 15.0 Å². The molecule has 1 aromatic carbocycles. The molecule has 1 heterocycles. The molecule has 1 N–H and O–H groups in total. The Hall–Kier alpha value is -1.55. The molecule has 0 saturated carbocycles. The zero-order valence-electron chi connectivity index (χ0n) is 11.7. The van der Waals surface area contributed by atoms with Gasteiger partial charge in [-0.3, -0.25) is 0 Å². The summed E-state index contributed by atoms with van der Waals surface area (Å²) in [5.74, 6) is 0.616. The fourth-order valence-electron chi connectivity index (χ4n) is 2.22. The minimum Gasteiger partial charge on any atom is -0.378 e. The number of nitrogens with one attached hydrogen (secondary N) is 1. The van der Waals surface area contributed by atoms with Crippen molar-refractivity contribution in [3.8, 4) is 0 Å². The summed E-state index contributed by atoms with van der Waals surface area (Å²) < 4.78 is 5.24. The van der Waals surface area contributed by atoms with Crippen molar-refractivity contribution in [3.05, 3.63) is 29.8 Å². The van der Waals surface area contributed by atoms with Crippen molar-refractivity contribution < 1.29 is 9.53 Å². The Balaban J connectivity index is 1.96. The summed E-state index contributed by atoms with van der Waals surface area (Å²) in [6, 6.07) is 8.04. The van der Waals surface area contributed by atoms with Crippen LogP contribution in [-0.4, -0.2) is 37.2 Å². The van der Waals surface area contributed by atoms with Crippen LogP contribution in [0.25, 0.3) is 0 Å². The molecule has 2 rings (SSSR count). The number of hydrogen-bond donors (Lipinski definition) is 1. The van der Waals surface area contributed by atoms with Crippen LogP contribution in [0, 0.1) is 5.92 Å². The lowest BCUT2D eigenvalue weighted by atomic mass is 10.0. The van der Waals surface area contributed by atoms with E-state index in [1.165, 1.54) is 5.56 Å². The zero-order chi connectivity index (χ0) is 13.7. The van der Waals surface area contributed by atoms with Crippen molar-refractivity contribution >= 4 is 11.7 Å². The molecule has 0 bridgehead atoms. The molecule has 1 aromatic rings. The first kappa shape index (κ1) is 13.9. The van der Waals surface area contributed by atoms with Gasteiger partial charge in [-0.1, -0.05) is 26.0 Å². The van der Waals surface area contributed by atoms with E-state index in [0.29, 0.717) is 32.2 Å². The summed E-state index contributed by atoms with van der Waals surface area (Å²) in [6.45, 7) is 6.97. The molecule has 104 valence electrons. The molecule has 0 aliphatic carbocycles. The van der Waals surface area contributed by atoms with Crippen LogP contribution >= 0.6 is 0 Å². The number of carbonyl (C=O) groups is 1. The second kappa shape index (κ2) is 6.57. The number of benzene rings is 1. The van der Waals surface area contributed by atoms with Crippen molar-refractivity contribution in [2.75, 3.05) is 31.6 Å². The quantitative estimate of drug-likeness (QED) is 0.910. The molecule has 19 heavy (non-hydrogen) atoms. The van der Waals surface area contributed by atoms with E-state index in [0.717, 1.165) is 12.1 Å². The normalized spacial score (nSPS) is 15.6. The highest BCUT2D eigenvalue weighted by atomic mass is 16.5. The molecule has 0 radical (unpaired) electrons. The average Bonchev–Trinajstić information content (AvgIpc) is 2.39. The van der Waals surface area contributed by atoms with E-state index in [1.54, 1.807) is 4.90 Å². The predicted octanol–water partition coefficient (Wildman–Crippen LogP) is 2.75. The lowest BCUT2D eigenvalue weighted by Gasteiger charge is -2.27. The standard InChI is InChI=1S/C15H22N2O2/c1-12(2)10-13-4-3-5-14(11-13)16-15(18)17-6-8-19-9-7-17/h3-5,11-12H,6-10H2,1-2H3,(H,16,18). The predicted molar refractivity (Wildman–Crippen MR) is 76.4 cm³/mol. The number of urea groups is 1. The lowest BCUT2D eigenvalue weighted by molar-refractivity contribution is 0.0564. The topological polar surface area (TPSA) is 41.6 Å². The van der Waals surface area contributed by atoms with Crippen LogP contribution in [-0.2, 0) is 11.2 Å². The van der Waals surface area contributed by atoms with E-state index in [-0.39, 0.29) is 6.03 Å². The van der Waals surface area contributed by atoms with Crippen LogP contribution in [0.5, 0.6) is 0 Å². The monoisotopic (exact) mass is 262 g/mol. The number of hydrogen-bond acceptors (Lipinski definition) is 2. The van der Waals surface area contributed by atoms with E-state index >= 15 is 0 Å². The van der Waals surface area contributed by atoms with Gasteiger partial charge >= 0.3 is 6.03 Å². The second-order valence-electron chi connectivity index (χ2n) is 5.33. The first-order valence-corrected chi connectivity index (χ1v) is 6.88. The van der Waals surface area contributed by atoms with Crippen LogP contribution < -0.4 is 5.32 Å². The Morgan fingerprint density at radius 3 is 2.79 bits per heavy atom. The van der Waals surface area contributed by atoms with Crippen molar-refractivity contribution in [2.45, 2.75) is 20.3 Å². The maximum Gasteiger partial charge on any atom is 0.321 e. The second-order valence-corrected chi connectivity index (χ2v) is 5.33. The summed E-state index contributed by atoms with van der Waals surface area (Å²) >= 11 is 0. The summed E-state index contributed by atoms with van der Waals surface area (Å²) in [7, 11) is 0. The van der Waals surface area contributed by atoms with Crippen LogP contribution in [0.15, 0.2) is 24.3 Å². The summed E-state index contributed by atoms with van der Waals surface area (Å²) in [4.78, 5) is 13.9. The first-order valence-electron chi connectivity index (χ1n) is 6.88. The van der Waals surface area contributed by atoms with Crippen LogP contribution in [0.3, 0.4) is 0 Å². The van der Waals surface area contributed by atoms with E-state index in [9.17, 15) is 4.79 Å². The third-order valence-electron chi connectivity index (χ3n) is 3.12. The van der Waals surface area contributed by atoms with Crippen molar-refractivity contribution in [2.24, 2.45) is 5.92 Å². The molecule has 4 nitrogen and oxygen atoms in total. The van der Waals surface area contributed by atoms with Gasteiger partial charge in [-0.05, 0) is 30.0 Å². The van der Waals surface area contributed by atoms with E-state index < -0.39 is 0 Å². The molecule has 0 unspecified atom stereocenters. The van der Waals surface area contributed by atoms with E-state index in [2.05, 4.69) is 31.3 Å². The number of nitrogens with zero attached hydrogens (tertiary/aromatic N) is 1. The number of carbonyl (C=O) groups excluding carboxylic acids is 1. The SMILES string of the molecule is CC(C)Cc1cccc(NC(=O)N2CCOCC2)c1. The molecule has 1 fully saturated rings. The number of amides is 2. The molecule has 0 atom stereocenters. The Bertz CT molecular complexity index is 426. The van der Waals surface area contributed by atoms with E-state index in [4.69, 9.17) is 4.74 Å². The molecular weight excluding hydrogens is 240 g/mol. The lowest BCUT2D eigenvalue weighted by Crippen LogP contribution is -2.43. The summed E-state index contributed by atoms with van der Waals surface area (Å²) in [6.07, 6.45) is 1.03. The maximum atomic E-state index is 12.1. The smallest absolute Gasteiger partial charge is 0.321 e. The first-order chi connectivity index (χ1) is 9.15. The zero-order valence-corrected chi connectivity index (χ0v) is 11.7. The summed E-state index contributed by atoms with van der Waals surface area (Å²) in [5, 5.41) is 2.96. The van der Waals surface area contributed by atoms with Crippen LogP contribution in [0.2, 0.25) is 0 Å². The molecule has 4 heteroatoms. The van der Waals surface area contributed by atoms with E-state index in [1.807, 2.05) is 12.1 Å². The fraction of sp³-hybridized carbons (Fsp3) is 0.533. The van der Waals surface area contributed by atoms with Crippen LogP contribution in [0.1, 0.15) is 19.4 Å². The van der Waals surface area contributed by atoms with Gasteiger partial charge in [0.05, 0.1) is 13.2 Å². The molecular formula is C15H22N2O2. The molecule has 1 aliphatic heterocycles. The number of rotatable bonds is 3. The third-order valence-corrected chi connectivity index (χ3v) is 3.12. The fourth-order valence-corrected chi connectivity index (χ4v) is 2.22. The highest BCUT2D eigenvalue weighted by Crippen LogP contribution is 2.15. The van der Waals surface area contributed by atoms with Gasteiger partial charge in [0, 0.05) is 18.8 Å². The van der Waals surface area contributed by atoms with Crippen LogP contribution in [0.4, 0.5) is 10.5 Å². The van der Waals surface area contributed by atoms with Crippen molar-refractivity contribution in [3.63, 3.8) is 0 Å². The third kappa shape index (κ3) is 4.24. The van der Waals surface area contributed by atoms with Gasteiger partial charge in [0.2, 0.25) is 0 Å². The maximum absolute atomic E-state index is 12.1. The highest BCUT2D eigenvalue weighted by molar-refractivity contribution is 5.89. The minimum atomic E-state index is -0.0370. The van der Waals surface area contributed by atoms with Crippen molar-refractivity contribution in [1.82, 2.24) is 4.90 Å². The van der Waals surface area contributed by atoms with Gasteiger partial charge in [0.25, 0.3) is 0 Å². The summed E-state index contributed by atoms with van der Waals surface area (Å²) in [5.41, 5.74) is 2.13. The number of morpholine rings is 1. The molecule has 0 spiro atoms. The molecule has 1 saturated heterocycles. The van der Waals surface area contributed by atoms with Gasteiger partial charge in [0.15, 0.2) is 0 Å². The van der Waals surface area contributed by atoms with Gasteiger partial charge in [-0.15, -0.1) is 0 Å². The molecule has 2 amide bonds. The number of ether oxygens (including phenoxy) is 1. The van der Waals surface area contributed by atoms with Crippen molar-refractivity contribution in [1.29, 1.82) is 0 Å². The number of anilines is 1. The Labute approximate surface area is 114 Å². The van der Waals surface area contributed by atoms with Gasteiger partial charge in [-0.2, -0.15) is 0 Å². The Morgan fingerprint density at radius 1 is 1.37 bits per heavy atom. The molecule has 0 aromatic heterocycles. The van der Waals surface area contributed by atoms with Gasteiger partial charge in [0.1, 0.15) is 0 Å². The highest BCUT2D eigenvalue weighted by Gasteiger charge is 2.16. The Kier molecular flexibility index (Phi) is 4.80. The largest absolute Gasteiger partial charge is 0.378 e. The molecule has 1 aliphatic rings. The average molecular weight is 262 g/mol. The Morgan fingerprint density at radius 2 is 2.11 bits per heavy atom. The van der Waals surface area contributed by atoms with Gasteiger partial charge in [-0.25, -0.2) is 4.79 Å². The minimum absolute atomic E-state index is 0.0370.